The molecule has 92 valence electrons. The first kappa shape index (κ1) is 13.2. The van der Waals surface area contributed by atoms with Crippen LogP contribution in [0.2, 0.25) is 0 Å². The molecule has 5 heteroatoms. The maximum Gasteiger partial charge on any atom is 0.274 e. The molecule has 1 amide bonds. The molecule has 1 heterocycles. The van der Waals surface area contributed by atoms with Crippen molar-refractivity contribution in [2.45, 2.75) is 26.7 Å². The zero-order valence-electron chi connectivity index (χ0n) is 10.5. The molecule has 0 bridgehead atoms. The number of H-pyrrole nitrogens is 1. The third-order valence-corrected chi connectivity index (χ3v) is 2.38. The number of hydrogen-bond donors (Lipinski definition) is 1. The monoisotopic (exact) mass is 234 g/mol. The van der Waals surface area contributed by atoms with E-state index in [0.717, 1.165) is 12.1 Å². The second-order valence-electron chi connectivity index (χ2n) is 4.51. The van der Waals surface area contributed by atoms with E-state index < -0.39 is 0 Å². The lowest BCUT2D eigenvalue weighted by molar-refractivity contribution is 0.0792. The van der Waals surface area contributed by atoms with Gasteiger partial charge >= 0.3 is 0 Å². The summed E-state index contributed by atoms with van der Waals surface area (Å²) in [5.41, 5.74) is 1.39. The average molecular weight is 234 g/mol. The summed E-state index contributed by atoms with van der Waals surface area (Å²) >= 11 is 0. The van der Waals surface area contributed by atoms with Crippen molar-refractivity contribution in [1.29, 1.82) is 5.26 Å². The lowest BCUT2D eigenvalue weighted by atomic mass is 10.1. The third-order valence-electron chi connectivity index (χ3n) is 2.38. The molecule has 0 atom stereocenters. The van der Waals surface area contributed by atoms with E-state index in [9.17, 15) is 4.79 Å². The van der Waals surface area contributed by atoms with E-state index >= 15 is 0 Å². The minimum absolute atomic E-state index is 0.147. The van der Waals surface area contributed by atoms with Gasteiger partial charge in [-0.05, 0) is 18.4 Å². The quantitative estimate of drug-likeness (QED) is 0.840. The van der Waals surface area contributed by atoms with Crippen molar-refractivity contribution in [3.8, 4) is 6.07 Å². The first-order valence-electron chi connectivity index (χ1n) is 5.71. The lowest BCUT2D eigenvalue weighted by Gasteiger charge is -2.13. The van der Waals surface area contributed by atoms with Crippen LogP contribution in [0.15, 0.2) is 6.07 Å². The van der Waals surface area contributed by atoms with Crippen molar-refractivity contribution in [2.24, 2.45) is 5.92 Å². The normalized spacial score (nSPS) is 10.3. The van der Waals surface area contributed by atoms with E-state index in [1.165, 1.54) is 4.90 Å². The van der Waals surface area contributed by atoms with Gasteiger partial charge in [0.05, 0.1) is 12.5 Å². The number of carbonyl (C=O) groups is 1. The number of nitrogens with zero attached hydrogens (tertiary/aromatic N) is 3. The molecule has 1 aromatic heterocycles. The van der Waals surface area contributed by atoms with Crippen LogP contribution >= 0.6 is 0 Å². The van der Waals surface area contributed by atoms with Gasteiger partial charge in [0.1, 0.15) is 5.69 Å². The summed E-state index contributed by atoms with van der Waals surface area (Å²) in [4.78, 5) is 13.4. The molecule has 0 saturated carbocycles. The average Bonchev–Trinajstić information content (AvgIpc) is 2.72. The molecule has 1 aromatic rings. The highest BCUT2D eigenvalue weighted by molar-refractivity contribution is 5.92. The van der Waals surface area contributed by atoms with Crippen LogP contribution in [0.4, 0.5) is 0 Å². The molecule has 0 saturated heterocycles. The van der Waals surface area contributed by atoms with E-state index in [0.29, 0.717) is 24.6 Å². The summed E-state index contributed by atoms with van der Waals surface area (Å²) < 4.78 is 0. The Bertz CT molecular complexity index is 416. The highest BCUT2D eigenvalue weighted by Gasteiger charge is 2.15. The standard InChI is InChI=1S/C12H18N4O/c1-9(2)7-10-8-11(15-14-10)12(17)16(3)6-4-5-13/h8-9H,4,6-7H2,1-3H3,(H,14,15). The summed E-state index contributed by atoms with van der Waals surface area (Å²) in [6, 6.07) is 3.80. The van der Waals surface area contributed by atoms with Crippen molar-refractivity contribution in [3.05, 3.63) is 17.5 Å². The van der Waals surface area contributed by atoms with Gasteiger partial charge in [0.2, 0.25) is 0 Å². The van der Waals surface area contributed by atoms with E-state index in [4.69, 9.17) is 5.26 Å². The van der Waals surface area contributed by atoms with Crippen molar-refractivity contribution in [1.82, 2.24) is 15.1 Å². The summed E-state index contributed by atoms with van der Waals surface area (Å²) in [7, 11) is 1.68. The highest BCUT2D eigenvalue weighted by atomic mass is 16.2. The fraction of sp³-hybridized carbons (Fsp3) is 0.583. The van der Waals surface area contributed by atoms with Gasteiger partial charge in [-0.25, -0.2) is 0 Å². The van der Waals surface area contributed by atoms with Crippen LogP contribution in [0, 0.1) is 17.2 Å². The van der Waals surface area contributed by atoms with Gasteiger partial charge in [-0.1, -0.05) is 13.8 Å². The number of hydrogen-bond acceptors (Lipinski definition) is 3. The molecular weight excluding hydrogens is 216 g/mol. The first-order valence-corrected chi connectivity index (χ1v) is 5.71. The maximum atomic E-state index is 11.9. The number of nitrogens with one attached hydrogen (secondary N) is 1. The molecule has 1 rings (SSSR count). The smallest absolute Gasteiger partial charge is 0.274 e. The molecule has 0 radical (unpaired) electrons. The second-order valence-corrected chi connectivity index (χ2v) is 4.51. The molecule has 0 fully saturated rings. The Morgan fingerprint density at radius 2 is 2.35 bits per heavy atom. The van der Waals surface area contributed by atoms with Crippen LogP contribution in [-0.2, 0) is 6.42 Å². The number of carbonyl (C=O) groups excluding carboxylic acids is 1. The Kier molecular flexibility index (Phi) is 4.70. The van der Waals surface area contributed by atoms with Gasteiger partial charge in [-0.2, -0.15) is 10.4 Å². The Hall–Kier alpha value is -1.83. The van der Waals surface area contributed by atoms with Crippen LogP contribution in [0.3, 0.4) is 0 Å². The minimum atomic E-state index is -0.147. The van der Waals surface area contributed by atoms with E-state index in [1.54, 1.807) is 13.1 Å². The molecule has 0 aliphatic rings. The minimum Gasteiger partial charge on any atom is -0.339 e. The van der Waals surface area contributed by atoms with Crippen molar-refractivity contribution >= 4 is 5.91 Å². The van der Waals surface area contributed by atoms with Crippen molar-refractivity contribution in [2.75, 3.05) is 13.6 Å². The van der Waals surface area contributed by atoms with Gasteiger partial charge in [0.15, 0.2) is 0 Å². The highest BCUT2D eigenvalue weighted by Crippen LogP contribution is 2.08. The Morgan fingerprint density at radius 3 is 2.94 bits per heavy atom. The van der Waals surface area contributed by atoms with Crippen LogP contribution in [-0.4, -0.2) is 34.6 Å². The molecule has 0 aliphatic heterocycles. The van der Waals surface area contributed by atoms with Gasteiger partial charge < -0.3 is 4.90 Å². The van der Waals surface area contributed by atoms with E-state index in [-0.39, 0.29) is 5.91 Å². The zero-order chi connectivity index (χ0) is 12.8. The fourth-order valence-electron chi connectivity index (χ4n) is 1.53. The molecule has 0 spiro atoms. The molecule has 0 unspecified atom stereocenters. The summed E-state index contributed by atoms with van der Waals surface area (Å²) in [5.74, 6) is 0.376. The predicted molar refractivity (Wildman–Crippen MR) is 64.3 cm³/mol. The number of amides is 1. The van der Waals surface area contributed by atoms with Crippen LogP contribution in [0.1, 0.15) is 36.5 Å². The molecule has 0 aromatic carbocycles. The fourth-order valence-corrected chi connectivity index (χ4v) is 1.53. The van der Waals surface area contributed by atoms with Gasteiger partial charge in [-0.15, -0.1) is 0 Å². The summed E-state index contributed by atoms with van der Waals surface area (Å²) in [6.07, 6.45) is 1.22. The zero-order valence-corrected chi connectivity index (χ0v) is 10.5. The van der Waals surface area contributed by atoms with E-state index in [1.807, 2.05) is 6.07 Å². The largest absolute Gasteiger partial charge is 0.339 e. The summed E-state index contributed by atoms with van der Waals surface area (Å²) in [5, 5.41) is 15.3. The van der Waals surface area contributed by atoms with Crippen molar-refractivity contribution in [3.63, 3.8) is 0 Å². The molecule has 0 aliphatic carbocycles. The third kappa shape index (κ3) is 3.91. The Labute approximate surface area is 101 Å². The van der Waals surface area contributed by atoms with Crippen molar-refractivity contribution < 1.29 is 4.79 Å². The summed E-state index contributed by atoms with van der Waals surface area (Å²) in [6.45, 7) is 4.66. The van der Waals surface area contributed by atoms with Gasteiger partial charge in [0, 0.05) is 19.3 Å². The number of nitriles is 1. The maximum absolute atomic E-state index is 11.9. The second kappa shape index (κ2) is 6.04. The number of rotatable bonds is 5. The number of aromatic nitrogens is 2. The Morgan fingerprint density at radius 1 is 1.65 bits per heavy atom. The SMILES string of the molecule is CC(C)Cc1cc(C(=O)N(C)CCC#N)n[nH]1. The van der Waals surface area contributed by atoms with Crippen LogP contribution in [0.5, 0.6) is 0 Å². The molecular formula is C12H18N4O. The van der Waals surface area contributed by atoms with Gasteiger partial charge in [-0.3, -0.25) is 9.89 Å². The molecule has 5 nitrogen and oxygen atoms in total. The van der Waals surface area contributed by atoms with E-state index in [2.05, 4.69) is 24.0 Å². The number of aromatic amines is 1. The van der Waals surface area contributed by atoms with Crippen LogP contribution < -0.4 is 0 Å². The first-order chi connectivity index (χ1) is 8.04. The van der Waals surface area contributed by atoms with Gasteiger partial charge in [0.25, 0.3) is 5.91 Å². The topological polar surface area (TPSA) is 72.8 Å². The Balaban J connectivity index is 2.63. The predicted octanol–water partition coefficient (Wildman–Crippen LogP) is 1.59. The molecule has 1 N–H and O–H groups in total. The lowest BCUT2D eigenvalue weighted by Crippen LogP contribution is -2.27. The molecule has 17 heavy (non-hydrogen) atoms. The van der Waals surface area contributed by atoms with Crippen LogP contribution in [0.25, 0.3) is 0 Å².